The van der Waals surface area contributed by atoms with Crippen LogP contribution in [-0.2, 0) is 17.9 Å². The number of carbonyl (C=O) groups excluding carboxylic acids is 2. The Labute approximate surface area is 211 Å². The number of H-pyrrole nitrogens is 1. The van der Waals surface area contributed by atoms with Crippen molar-refractivity contribution in [1.29, 1.82) is 0 Å². The van der Waals surface area contributed by atoms with Crippen LogP contribution >= 0.6 is 0 Å². The molecule has 0 unspecified atom stereocenters. The van der Waals surface area contributed by atoms with Gasteiger partial charge in [0.1, 0.15) is 29.5 Å². The summed E-state index contributed by atoms with van der Waals surface area (Å²) in [5.74, 6) is 1.79. The molecule has 188 valence electrons. The molecule has 1 aliphatic heterocycles. The highest BCUT2D eigenvalue weighted by molar-refractivity contribution is 6.06. The van der Waals surface area contributed by atoms with Crippen LogP contribution in [0.1, 0.15) is 65.0 Å². The highest BCUT2D eigenvalue weighted by Gasteiger charge is 2.50. The van der Waals surface area contributed by atoms with Crippen molar-refractivity contribution in [3.63, 3.8) is 0 Å². The molecule has 8 heteroatoms. The first-order chi connectivity index (χ1) is 17.4. The molecule has 0 bridgehead atoms. The first kappa shape index (κ1) is 23.9. The highest BCUT2D eigenvalue weighted by Crippen LogP contribution is 2.42. The molecule has 1 aliphatic carbocycles. The maximum Gasteiger partial charge on any atom is 0.255 e. The normalized spacial score (nSPS) is 16.5. The average Bonchev–Trinajstić information content (AvgIpc) is 3.53. The summed E-state index contributed by atoms with van der Waals surface area (Å²) in [5.41, 5.74) is 3.32. The number of benzene rings is 2. The van der Waals surface area contributed by atoms with E-state index in [0.717, 1.165) is 36.0 Å². The van der Waals surface area contributed by atoms with Crippen molar-refractivity contribution < 1.29 is 19.1 Å². The lowest BCUT2D eigenvalue weighted by molar-refractivity contribution is -0.129. The molecule has 1 aromatic heterocycles. The largest absolute Gasteiger partial charge is 0.496 e. The van der Waals surface area contributed by atoms with Crippen molar-refractivity contribution in [3.05, 3.63) is 70.8 Å². The molecule has 2 aliphatic rings. The van der Waals surface area contributed by atoms with Crippen molar-refractivity contribution in [3.8, 4) is 11.5 Å². The van der Waals surface area contributed by atoms with Crippen molar-refractivity contribution in [2.75, 3.05) is 12.4 Å². The Hall–Kier alpha value is -3.81. The van der Waals surface area contributed by atoms with Gasteiger partial charge < -0.3 is 24.7 Å². The number of aromatic amines is 1. The third kappa shape index (κ3) is 4.32. The number of amides is 2. The number of aryl methyl sites for hydroxylation is 2. The molecule has 8 nitrogen and oxygen atoms in total. The molecule has 1 fully saturated rings. The number of anilines is 1. The van der Waals surface area contributed by atoms with Gasteiger partial charge in [-0.25, -0.2) is 4.98 Å². The summed E-state index contributed by atoms with van der Waals surface area (Å²) >= 11 is 0. The van der Waals surface area contributed by atoms with Crippen molar-refractivity contribution in [2.24, 2.45) is 0 Å². The number of fused-ring (bicyclic) bond motifs is 1. The van der Waals surface area contributed by atoms with E-state index in [9.17, 15) is 9.59 Å². The molecule has 1 saturated carbocycles. The Morgan fingerprint density at radius 2 is 1.94 bits per heavy atom. The van der Waals surface area contributed by atoms with Gasteiger partial charge in [-0.05, 0) is 61.6 Å². The van der Waals surface area contributed by atoms with Crippen LogP contribution in [0.3, 0.4) is 0 Å². The SMILES string of the molecule is COc1cc(NC(=O)C2(N3Cc4c(C)cc(OCc5ncc[nH]5)cc4C3=O)CCCCC2)ccc1C. The van der Waals surface area contributed by atoms with E-state index in [1.807, 2.05) is 38.1 Å². The number of rotatable bonds is 7. The minimum absolute atomic E-state index is 0.116. The smallest absolute Gasteiger partial charge is 0.255 e. The second-order valence-electron chi connectivity index (χ2n) is 9.71. The Morgan fingerprint density at radius 1 is 1.14 bits per heavy atom. The van der Waals surface area contributed by atoms with Gasteiger partial charge in [-0.1, -0.05) is 25.3 Å². The fourth-order valence-electron chi connectivity index (χ4n) is 5.42. The maximum atomic E-state index is 13.9. The summed E-state index contributed by atoms with van der Waals surface area (Å²) in [6, 6.07) is 9.38. The molecule has 0 saturated heterocycles. The first-order valence-corrected chi connectivity index (χ1v) is 12.4. The van der Waals surface area contributed by atoms with Gasteiger partial charge in [-0.3, -0.25) is 9.59 Å². The van der Waals surface area contributed by atoms with E-state index in [1.54, 1.807) is 30.5 Å². The summed E-state index contributed by atoms with van der Waals surface area (Å²) in [4.78, 5) is 36.6. The molecule has 2 amide bonds. The molecular weight excluding hydrogens is 456 g/mol. The van der Waals surface area contributed by atoms with Gasteiger partial charge in [0.2, 0.25) is 5.91 Å². The van der Waals surface area contributed by atoms with Crippen molar-refractivity contribution >= 4 is 17.5 Å². The second-order valence-corrected chi connectivity index (χ2v) is 9.71. The lowest BCUT2D eigenvalue weighted by Gasteiger charge is -2.43. The quantitative estimate of drug-likeness (QED) is 0.493. The number of ether oxygens (including phenoxy) is 2. The number of imidazole rings is 1. The molecule has 36 heavy (non-hydrogen) atoms. The Bertz CT molecular complexity index is 1280. The van der Waals surface area contributed by atoms with E-state index in [2.05, 4.69) is 15.3 Å². The maximum absolute atomic E-state index is 13.9. The van der Waals surface area contributed by atoms with Crippen LogP contribution in [0, 0.1) is 13.8 Å². The summed E-state index contributed by atoms with van der Waals surface area (Å²) < 4.78 is 11.3. The number of nitrogens with one attached hydrogen (secondary N) is 2. The monoisotopic (exact) mass is 488 g/mol. The highest BCUT2D eigenvalue weighted by atomic mass is 16.5. The van der Waals surface area contributed by atoms with Gasteiger partial charge in [0.25, 0.3) is 5.91 Å². The predicted octanol–water partition coefficient (Wildman–Crippen LogP) is 4.91. The molecule has 2 heterocycles. The molecule has 2 N–H and O–H groups in total. The van der Waals surface area contributed by atoms with Gasteiger partial charge in [-0.15, -0.1) is 0 Å². The van der Waals surface area contributed by atoms with E-state index >= 15 is 0 Å². The van der Waals surface area contributed by atoms with E-state index < -0.39 is 5.54 Å². The summed E-state index contributed by atoms with van der Waals surface area (Å²) in [7, 11) is 1.62. The molecule has 3 aromatic rings. The third-order valence-corrected chi connectivity index (χ3v) is 7.45. The zero-order valence-corrected chi connectivity index (χ0v) is 21.0. The fourth-order valence-corrected chi connectivity index (χ4v) is 5.42. The molecule has 0 atom stereocenters. The van der Waals surface area contributed by atoms with Gasteiger partial charge in [0.05, 0.1) is 7.11 Å². The zero-order chi connectivity index (χ0) is 25.3. The number of hydrogen-bond donors (Lipinski definition) is 2. The topological polar surface area (TPSA) is 96.5 Å². The van der Waals surface area contributed by atoms with Crippen LogP contribution in [-0.4, -0.2) is 39.3 Å². The van der Waals surface area contributed by atoms with Crippen LogP contribution < -0.4 is 14.8 Å². The number of methoxy groups -OCH3 is 1. The van der Waals surface area contributed by atoms with Crippen LogP contribution in [0.2, 0.25) is 0 Å². The fraction of sp³-hybridized carbons (Fsp3) is 0.393. The van der Waals surface area contributed by atoms with E-state index in [-0.39, 0.29) is 18.4 Å². The molecule has 0 spiro atoms. The minimum Gasteiger partial charge on any atom is -0.496 e. The summed E-state index contributed by atoms with van der Waals surface area (Å²) in [6.45, 7) is 4.66. The van der Waals surface area contributed by atoms with Crippen molar-refractivity contribution in [2.45, 2.75) is 64.6 Å². The number of hydrogen-bond acceptors (Lipinski definition) is 5. The molecule has 0 radical (unpaired) electrons. The molecule has 2 aromatic carbocycles. The minimum atomic E-state index is -0.895. The summed E-state index contributed by atoms with van der Waals surface area (Å²) in [6.07, 6.45) is 7.57. The second kappa shape index (κ2) is 9.68. The standard InChI is InChI=1S/C28H32N4O4/c1-18-7-8-20(14-24(18)35-3)31-27(34)28(9-5-4-6-10-28)32-16-23-19(2)13-21(15-22(23)26(32)33)36-17-25-29-11-12-30-25/h7-8,11-15H,4-6,9-10,16-17H2,1-3H3,(H,29,30)(H,31,34). The number of carbonyl (C=O) groups is 2. The van der Waals surface area contributed by atoms with Crippen LogP contribution in [0.5, 0.6) is 11.5 Å². The van der Waals surface area contributed by atoms with Crippen LogP contribution in [0.25, 0.3) is 0 Å². The zero-order valence-electron chi connectivity index (χ0n) is 21.0. The van der Waals surface area contributed by atoms with Crippen LogP contribution in [0.15, 0.2) is 42.7 Å². The molecular formula is C28H32N4O4. The Balaban J connectivity index is 1.41. The average molecular weight is 489 g/mol. The third-order valence-electron chi connectivity index (χ3n) is 7.45. The summed E-state index contributed by atoms with van der Waals surface area (Å²) in [5, 5.41) is 3.09. The van der Waals surface area contributed by atoms with Gasteiger partial charge in [-0.2, -0.15) is 0 Å². The van der Waals surface area contributed by atoms with Gasteiger partial charge in [0.15, 0.2) is 0 Å². The lowest BCUT2D eigenvalue weighted by Crippen LogP contribution is -2.58. The number of aromatic nitrogens is 2. The Kier molecular flexibility index (Phi) is 6.43. The van der Waals surface area contributed by atoms with Gasteiger partial charge >= 0.3 is 0 Å². The van der Waals surface area contributed by atoms with Crippen LogP contribution in [0.4, 0.5) is 5.69 Å². The predicted molar refractivity (Wildman–Crippen MR) is 136 cm³/mol. The van der Waals surface area contributed by atoms with E-state index in [0.29, 0.717) is 48.0 Å². The lowest BCUT2D eigenvalue weighted by atomic mass is 9.79. The Morgan fingerprint density at radius 3 is 2.67 bits per heavy atom. The first-order valence-electron chi connectivity index (χ1n) is 12.4. The van der Waals surface area contributed by atoms with E-state index in [1.165, 1.54) is 0 Å². The molecule has 5 rings (SSSR count). The van der Waals surface area contributed by atoms with E-state index in [4.69, 9.17) is 9.47 Å². The number of nitrogens with zero attached hydrogens (tertiary/aromatic N) is 2. The van der Waals surface area contributed by atoms with Gasteiger partial charge in [0, 0.05) is 36.3 Å². The van der Waals surface area contributed by atoms with Crippen molar-refractivity contribution in [1.82, 2.24) is 14.9 Å².